The van der Waals surface area contributed by atoms with Crippen LogP contribution in [0.25, 0.3) is 16.9 Å². The van der Waals surface area contributed by atoms with Gasteiger partial charge >= 0.3 is 5.97 Å². The number of nitrogens with zero attached hydrogens (tertiary/aromatic N) is 6. The Morgan fingerprint density at radius 3 is 3.00 bits per heavy atom. The van der Waals surface area contributed by atoms with Gasteiger partial charge in [0.1, 0.15) is 0 Å². The van der Waals surface area contributed by atoms with Crippen molar-refractivity contribution in [1.29, 1.82) is 0 Å². The van der Waals surface area contributed by atoms with Crippen LogP contribution < -0.4 is 5.73 Å². The Morgan fingerprint density at radius 1 is 1.41 bits per heavy atom. The third-order valence-electron chi connectivity index (χ3n) is 3.80. The molecule has 27 heavy (non-hydrogen) atoms. The first-order chi connectivity index (χ1) is 13.1. The molecule has 0 spiro atoms. The number of thioether (sulfide) groups is 1. The number of anilines is 1. The fraction of sp³-hybridized carbons (Fsp3) is 0.200. The van der Waals surface area contributed by atoms with Crippen LogP contribution in [0.2, 0.25) is 0 Å². The molecule has 0 fully saturated rings. The number of nitrogens with one attached hydrogen (secondary N) is 1. The highest BCUT2D eigenvalue weighted by atomic mass is 32.2. The molecule has 0 amide bonds. The lowest BCUT2D eigenvalue weighted by Gasteiger charge is -2.03. The summed E-state index contributed by atoms with van der Waals surface area (Å²) >= 11 is 1.37. The molecule has 4 rings (SSSR count). The summed E-state index contributed by atoms with van der Waals surface area (Å²) in [5.41, 5.74) is 9.14. The quantitative estimate of drug-likeness (QED) is 0.381. The molecular weight excluding hydrogens is 372 g/mol. The first-order valence-corrected chi connectivity index (χ1v) is 8.76. The summed E-state index contributed by atoms with van der Waals surface area (Å²) in [6.07, 6.45) is 0. The lowest BCUT2D eigenvalue weighted by molar-refractivity contribution is 0.0593. The van der Waals surface area contributed by atoms with E-state index >= 15 is 0 Å². The Bertz CT molecular complexity index is 1130. The number of H-pyrrole nitrogens is 1. The van der Waals surface area contributed by atoms with Crippen LogP contribution >= 0.6 is 11.8 Å². The minimum Gasteiger partial charge on any atom is -0.464 e. The zero-order valence-electron chi connectivity index (χ0n) is 14.3. The molecule has 0 aliphatic heterocycles. The van der Waals surface area contributed by atoms with E-state index in [0.717, 1.165) is 16.6 Å². The number of imidazole rings is 1. The predicted octanol–water partition coefficient (Wildman–Crippen LogP) is 1.50. The lowest BCUT2D eigenvalue weighted by Crippen LogP contribution is -2.09. The molecule has 0 bridgehead atoms. The molecule has 138 valence electrons. The normalized spacial score (nSPS) is 11.2. The van der Waals surface area contributed by atoms with E-state index in [4.69, 9.17) is 10.5 Å². The van der Waals surface area contributed by atoms with E-state index in [2.05, 4.69) is 35.2 Å². The van der Waals surface area contributed by atoms with E-state index < -0.39 is 5.97 Å². The van der Waals surface area contributed by atoms with E-state index in [9.17, 15) is 4.79 Å². The standard InChI is InChI=1S/C15H14N8O3S/c1-7-3-4-8-9(5-7)18-15(17-8)27-6-10-11(14(24)25-2)19-22-23(10)13-12(16)20-26-21-13/h3-5H,6H2,1-2H3,(H2,16,20)(H,17,18). The largest absolute Gasteiger partial charge is 0.464 e. The topological polar surface area (TPSA) is 151 Å². The molecule has 3 aromatic heterocycles. The van der Waals surface area contributed by atoms with Gasteiger partial charge in [-0.15, -0.1) is 5.10 Å². The molecule has 0 radical (unpaired) electrons. The van der Waals surface area contributed by atoms with Gasteiger partial charge in [0.15, 0.2) is 10.9 Å². The molecule has 11 nitrogen and oxygen atoms in total. The molecule has 0 atom stereocenters. The maximum atomic E-state index is 12.0. The number of fused-ring (bicyclic) bond motifs is 1. The number of esters is 1. The molecule has 12 heteroatoms. The van der Waals surface area contributed by atoms with Crippen molar-refractivity contribution in [2.24, 2.45) is 0 Å². The maximum absolute atomic E-state index is 12.0. The second-order valence-corrected chi connectivity index (χ2v) is 6.58. The van der Waals surface area contributed by atoms with Gasteiger partial charge in [0.25, 0.3) is 0 Å². The molecule has 4 aromatic rings. The number of hydrogen-bond acceptors (Lipinski definition) is 10. The Balaban J connectivity index is 1.68. The van der Waals surface area contributed by atoms with Crippen molar-refractivity contribution in [3.63, 3.8) is 0 Å². The molecule has 0 aliphatic rings. The molecular formula is C15H14N8O3S. The SMILES string of the molecule is COC(=O)c1nnn(-c2nonc2N)c1CSc1nc2ccc(C)cc2[nH]1. The van der Waals surface area contributed by atoms with Crippen molar-refractivity contribution in [2.45, 2.75) is 17.8 Å². The van der Waals surface area contributed by atoms with E-state index in [-0.39, 0.29) is 17.3 Å². The molecule has 0 aliphatic carbocycles. The van der Waals surface area contributed by atoms with Gasteiger partial charge in [0.05, 0.1) is 23.8 Å². The molecule has 1 aromatic carbocycles. The number of hydrogen-bond donors (Lipinski definition) is 2. The van der Waals surface area contributed by atoms with Crippen LogP contribution in [-0.2, 0) is 10.5 Å². The molecule has 3 heterocycles. The second kappa shape index (κ2) is 6.72. The van der Waals surface area contributed by atoms with E-state index in [1.807, 2.05) is 25.1 Å². The number of carbonyl (C=O) groups excluding carboxylic acids is 1. The summed E-state index contributed by atoms with van der Waals surface area (Å²) in [6, 6.07) is 5.95. The molecule has 0 saturated heterocycles. The van der Waals surface area contributed by atoms with Gasteiger partial charge in [-0.2, -0.15) is 4.68 Å². The number of aromatic nitrogens is 7. The summed E-state index contributed by atoms with van der Waals surface area (Å²) in [7, 11) is 1.27. The summed E-state index contributed by atoms with van der Waals surface area (Å²) in [4.78, 5) is 19.8. The zero-order valence-corrected chi connectivity index (χ0v) is 15.1. The minimum absolute atomic E-state index is 0.0294. The zero-order chi connectivity index (χ0) is 19.0. The van der Waals surface area contributed by atoms with Gasteiger partial charge in [-0.25, -0.2) is 14.4 Å². The van der Waals surface area contributed by atoms with Crippen molar-refractivity contribution in [1.82, 2.24) is 35.3 Å². The molecule has 3 N–H and O–H groups in total. The van der Waals surface area contributed by atoms with Gasteiger partial charge in [-0.05, 0) is 34.9 Å². The van der Waals surface area contributed by atoms with Crippen molar-refractivity contribution < 1.29 is 14.2 Å². The van der Waals surface area contributed by atoms with E-state index in [1.54, 1.807) is 0 Å². The highest BCUT2D eigenvalue weighted by Gasteiger charge is 2.24. The van der Waals surface area contributed by atoms with E-state index in [0.29, 0.717) is 16.6 Å². The van der Waals surface area contributed by atoms with Crippen molar-refractivity contribution >= 4 is 34.6 Å². The number of rotatable bonds is 5. The second-order valence-electron chi connectivity index (χ2n) is 5.61. The number of ether oxygens (including phenoxy) is 1. The van der Waals surface area contributed by atoms with E-state index in [1.165, 1.54) is 23.6 Å². The fourth-order valence-corrected chi connectivity index (χ4v) is 3.38. The Hall–Kier alpha value is -3.41. The summed E-state index contributed by atoms with van der Waals surface area (Å²) in [5.74, 6) is -0.134. The van der Waals surface area contributed by atoms with Crippen LogP contribution in [0, 0.1) is 6.92 Å². The number of aryl methyl sites for hydroxylation is 1. The number of benzene rings is 1. The number of methoxy groups -OCH3 is 1. The first-order valence-electron chi connectivity index (χ1n) is 7.77. The van der Waals surface area contributed by atoms with Crippen molar-refractivity contribution in [3.8, 4) is 5.82 Å². The highest BCUT2D eigenvalue weighted by molar-refractivity contribution is 7.98. The average Bonchev–Trinajstić information content (AvgIpc) is 3.36. The van der Waals surface area contributed by atoms with Crippen LogP contribution in [-0.4, -0.2) is 48.4 Å². The Labute approximate surface area is 156 Å². The smallest absolute Gasteiger partial charge is 0.360 e. The molecule has 0 unspecified atom stereocenters. The third-order valence-corrected chi connectivity index (χ3v) is 4.68. The maximum Gasteiger partial charge on any atom is 0.360 e. The number of nitrogens with two attached hydrogens (primary N) is 1. The van der Waals surface area contributed by atoms with Crippen LogP contribution in [0.5, 0.6) is 0 Å². The monoisotopic (exact) mass is 386 g/mol. The van der Waals surface area contributed by atoms with Crippen molar-refractivity contribution in [3.05, 3.63) is 35.2 Å². The lowest BCUT2D eigenvalue weighted by atomic mass is 10.2. The summed E-state index contributed by atoms with van der Waals surface area (Å²) in [6.45, 7) is 2.01. The summed E-state index contributed by atoms with van der Waals surface area (Å²) < 4.78 is 10.7. The summed E-state index contributed by atoms with van der Waals surface area (Å²) in [5, 5.41) is 15.7. The Morgan fingerprint density at radius 2 is 2.26 bits per heavy atom. The van der Waals surface area contributed by atoms with Gasteiger partial charge in [0.2, 0.25) is 11.6 Å². The minimum atomic E-state index is -0.618. The number of carbonyl (C=O) groups is 1. The predicted molar refractivity (Wildman–Crippen MR) is 95.4 cm³/mol. The Kier molecular flexibility index (Phi) is 4.24. The number of aromatic amines is 1. The van der Waals surface area contributed by atoms with Gasteiger partial charge in [-0.3, -0.25) is 0 Å². The number of nitrogen functional groups attached to an aromatic ring is 1. The first kappa shape index (κ1) is 17.0. The average molecular weight is 386 g/mol. The van der Waals surface area contributed by atoms with Crippen LogP contribution in [0.3, 0.4) is 0 Å². The third kappa shape index (κ3) is 3.10. The fourth-order valence-electron chi connectivity index (χ4n) is 2.50. The van der Waals surface area contributed by atoms with Gasteiger partial charge < -0.3 is 15.5 Å². The van der Waals surface area contributed by atoms with Crippen LogP contribution in [0.4, 0.5) is 5.82 Å². The van der Waals surface area contributed by atoms with Crippen LogP contribution in [0.1, 0.15) is 21.7 Å². The highest BCUT2D eigenvalue weighted by Crippen LogP contribution is 2.26. The molecule has 0 saturated carbocycles. The van der Waals surface area contributed by atoms with Crippen LogP contribution in [0.15, 0.2) is 28.0 Å². The van der Waals surface area contributed by atoms with Gasteiger partial charge in [-0.1, -0.05) is 23.0 Å². The van der Waals surface area contributed by atoms with Gasteiger partial charge in [0, 0.05) is 5.75 Å². The van der Waals surface area contributed by atoms with Crippen molar-refractivity contribution in [2.75, 3.05) is 12.8 Å².